The van der Waals surface area contributed by atoms with Crippen LogP contribution in [0.25, 0.3) is 0 Å². The molecule has 0 aliphatic carbocycles. The molecule has 2 aromatic rings. The van der Waals surface area contributed by atoms with E-state index < -0.39 is 0 Å². The Bertz CT molecular complexity index is 536. The molecule has 1 amide bonds. The van der Waals surface area contributed by atoms with Crippen LogP contribution in [-0.2, 0) is 6.54 Å². The number of amides is 1. The number of benzene rings is 1. The summed E-state index contributed by atoms with van der Waals surface area (Å²) in [7, 11) is 1.84. The number of carbonyl (C=O) groups excluding carboxylic acids is 1. The summed E-state index contributed by atoms with van der Waals surface area (Å²) in [5.74, 6) is 0.299. The van der Waals surface area contributed by atoms with Gasteiger partial charge in [0.25, 0.3) is 5.91 Å². The van der Waals surface area contributed by atoms with Crippen molar-refractivity contribution in [2.24, 2.45) is 0 Å². The van der Waals surface area contributed by atoms with Gasteiger partial charge in [-0.25, -0.2) is 0 Å². The van der Waals surface area contributed by atoms with Crippen LogP contribution in [0, 0.1) is 6.92 Å². The first-order valence-electron chi connectivity index (χ1n) is 5.49. The number of aromatic amines is 1. The van der Waals surface area contributed by atoms with Crippen molar-refractivity contribution in [2.75, 3.05) is 12.4 Å². The predicted octanol–water partition coefficient (Wildman–Crippen LogP) is 0.480. The zero-order valence-corrected chi connectivity index (χ0v) is 10.2. The monoisotopic (exact) mass is 246 g/mol. The number of aromatic nitrogens is 4. The van der Waals surface area contributed by atoms with E-state index in [4.69, 9.17) is 0 Å². The Morgan fingerprint density at radius 1 is 1.44 bits per heavy atom. The minimum atomic E-state index is -0.153. The molecule has 7 nitrogen and oxygen atoms in total. The van der Waals surface area contributed by atoms with Gasteiger partial charge in [0, 0.05) is 18.3 Å². The van der Waals surface area contributed by atoms with Crippen LogP contribution < -0.4 is 10.6 Å². The Labute approximate surface area is 104 Å². The summed E-state index contributed by atoms with van der Waals surface area (Å²) in [6.07, 6.45) is 0. The average molecular weight is 246 g/mol. The van der Waals surface area contributed by atoms with Gasteiger partial charge >= 0.3 is 0 Å². The number of anilines is 1. The number of hydrogen-bond acceptors (Lipinski definition) is 5. The van der Waals surface area contributed by atoms with Gasteiger partial charge in [0.1, 0.15) is 0 Å². The van der Waals surface area contributed by atoms with Crippen LogP contribution in [0.2, 0.25) is 0 Å². The Balaban J connectivity index is 2.04. The number of carbonyl (C=O) groups is 1. The lowest BCUT2D eigenvalue weighted by atomic mass is 10.1. The molecule has 0 atom stereocenters. The van der Waals surface area contributed by atoms with Gasteiger partial charge < -0.3 is 10.6 Å². The van der Waals surface area contributed by atoms with Crippen LogP contribution >= 0.6 is 0 Å². The molecule has 1 heterocycles. The maximum absolute atomic E-state index is 11.9. The third-order valence-electron chi connectivity index (χ3n) is 2.56. The van der Waals surface area contributed by atoms with E-state index in [1.807, 2.05) is 26.1 Å². The number of hydrogen-bond donors (Lipinski definition) is 3. The smallest absolute Gasteiger partial charge is 0.251 e. The Morgan fingerprint density at radius 3 is 2.89 bits per heavy atom. The number of nitrogens with zero attached hydrogens (tertiary/aromatic N) is 3. The molecule has 7 heteroatoms. The summed E-state index contributed by atoms with van der Waals surface area (Å²) in [4.78, 5) is 11.9. The molecule has 3 N–H and O–H groups in total. The SMILES string of the molecule is CNc1ccc(C(=O)NCc2nn[nH]n2)c(C)c1. The summed E-state index contributed by atoms with van der Waals surface area (Å²) in [6.45, 7) is 2.15. The van der Waals surface area contributed by atoms with Gasteiger partial charge in [-0.15, -0.1) is 10.2 Å². The second kappa shape index (κ2) is 5.26. The molecule has 1 aromatic carbocycles. The van der Waals surface area contributed by atoms with Crippen molar-refractivity contribution in [3.8, 4) is 0 Å². The Kier molecular flexibility index (Phi) is 3.52. The number of H-pyrrole nitrogens is 1. The van der Waals surface area contributed by atoms with Crippen LogP contribution in [0.5, 0.6) is 0 Å². The summed E-state index contributed by atoms with van der Waals surface area (Å²) in [5.41, 5.74) is 2.52. The van der Waals surface area contributed by atoms with Gasteiger partial charge in [0.2, 0.25) is 0 Å². The second-order valence-corrected chi connectivity index (χ2v) is 3.79. The van der Waals surface area contributed by atoms with Crippen molar-refractivity contribution in [2.45, 2.75) is 13.5 Å². The summed E-state index contributed by atoms with van der Waals surface area (Å²) >= 11 is 0. The van der Waals surface area contributed by atoms with E-state index in [0.717, 1.165) is 11.3 Å². The van der Waals surface area contributed by atoms with Gasteiger partial charge in [-0.2, -0.15) is 5.21 Å². The third kappa shape index (κ3) is 2.62. The van der Waals surface area contributed by atoms with E-state index in [0.29, 0.717) is 11.4 Å². The highest BCUT2D eigenvalue weighted by atomic mass is 16.1. The molecule has 0 radical (unpaired) electrons. The predicted molar refractivity (Wildman–Crippen MR) is 66.1 cm³/mol. The minimum Gasteiger partial charge on any atom is -0.388 e. The van der Waals surface area contributed by atoms with Crippen LogP contribution in [0.4, 0.5) is 5.69 Å². The Hall–Kier alpha value is -2.44. The highest BCUT2D eigenvalue weighted by Gasteiger charge is 2.09. The van der Waals surface area contributed by atoms with Gasteiger partial charge in [-0.05, 0) is 30.7 Å². The highest BCUT2D eigenvalue weighted by molar-refractivity contribution is 5.95. The molecule has 0 saturated heterocycles. The standard InChI is InChI=1S/C11H14N6O/c1-7-5-8(12-2)3-4-9(7)11(18)13-6-10-14-16-17-15-10/h3-5,12H,6H2,1-2H3,(H,13,18)(H,14,15,16,17). The van der Waals surface area contributed by atoms with Gasteiger partial charge in [-0.3, -0.25) is 4.79 Å². The van der Waals surface area contributed by atoms with E-state index in [-0.39, 0.29) is 12.5 Å². The van der Waals surface area contributed by atoms with Crippen molar-refractivity contribution in [1.29, 1.82) is 0 Å². The fourth-order valence-corrected chi connectivity index (χ4v) is 1.59. The van der Waals surface area contributed by atoms with E-state index in [2.05, 4.69) is 31.3 Å². The van der Waals surface area contributed by atoms with Gasteiger partial charge in [0.15, 0.2) is 5.82 Å². The number of nitrogens with one attached hydrogen (secondary N) is 3. The summed E-state index contributed by atoms with van der Waals surface area (Å²) in [6, 6.07) is 5.56. The van der Waals surface area contributed by atoms with Crippen molar-refractivity contribution >= 4 is 11.6 Å². The quantitative estimate of drug-likeness (QED) is 0.729. The number of tetrazole rings is 1. The summed E-state index contributed by atoms with van der Waals surface area (Å²) < 4.78 is 0. The first-order chi connectivity index (χ1) is 8.70. The topological polar surface area (TPSA) is 95.6 Å². The van der Waals surface area contributed by atoms with Crippen molar-refractivity contribution in [3.05, 3.63) is 35.2 Å². The highest BCUT2D eigenvalue weighted by Crippen LogP contribution is 2.14. The van der Waals surface area contributed by atoms with Gasteiger partial charge in [0.05, 0.1) is 6.54 Å². The largest absolute Gasteiger partial charge is 0.388 e. The Morgan fingerprint density at radius 2 is 2.28 bits per heavy atom. The van der Waals surface area contributed by atoms with E-state index in [1.54, 1.807) is 6.07 Å². The van der Waals surface area contributed by atoms with Crippen LogP contribution in [0.3, 0.4) is 0 Å². The summed E-state index contributed by atoms with van der Waals surface area (Å²) in [5, 5.41) is 19.0. The fraction of sp³-hybridized carbons (Fsp3) is 0.273. The van der Waals surface area contributed by atoms with Crippen LogP contribution in [0.15, 0.2) is 18.2 Å². The molecule has 94 valence electrons. The zero-order valence-electron chi connectivity index (χ0n) is 10.2. The first kappa shape index (κ1) is 12.0. The van der Waals surface area contributed by atoms with E-state index >= 15 is 0 Å². The molecule has 1 aromatic heterocycles. The molecule has 0 aliphatic heterocycles. The fourth-order valence-electron chi connectivity index (χ4n) is 1.59. The number of aryl methyl sites for hydroxylation is 1. The van der Waals surface area contributed by atoms with Crippen molar-refractivity contribution in [3.63, 3.8) is 0 Å². The van der Waals surface area contributed by atoms with E-state index in [9.17, 15) is 4.79 Å². The van der Waals surface area contributed by atoms with Crippen LogP contribution in [0.1, 0.15) is 21.7 Å². The second-order valence-electron chi connectivity index (χ2n) is 3.79. The molecule has 0 spiro atoms. The molecule has 0 unspecified atom stereocenters. The van der Waals surface area contributed by atoms with Crippen molar-refractivity contribution in [1.82, 2.24) is 25.9 Å². The lowest BCUT2D eigenvalue weighted by Crippen LogP contribution is -2.24. The molecule has 0 aliphatic rings. The van der Waals surface area contributed by atoms with E-state index in [1.165, 1.54) is 0 Å². The molecule has 18 heavy (non-hydrogen) atoms. The maximum Gasteiger partial charge on any atom is 0.251 e. The molecule has 2 rings (SSSR count). The number of rotatable bonds is 4. The lowest BCUT2D eigenvalue weighted by Gasteiger charge is -2.08. The normalized spacial score (nSPS) is 10.1. The molecule has 0 fully saturated rings. The average Bonchev–Trinajstić information content (AvgIpc) is 2.88. The third-order valence-corrected chi connectivity index (χ3v) is 2.56. The minimum absolute atomic E-state index is 0.153. The lowest BCUT2D eigenvalue weighted by molar-refractivity contribution is 0.0949. The molecular weight excluding hydrogens is 232 g/mol. The van der Waals surface area contributed by atoms with Gasteiger partial charge in [-0.1, -0.05) is 5.21 Å². The first-order valence-corrected chi connectivity index (χ1v) is 5.49. The molecular formula is C11H14N6O. The molecule has 0 saturated carbocycles. The molecule has 0 bridgehead atoms. The maximum atomic E-state index is 11.9. The van der Waals surface area contributed by atoms with Crippen molar-refractivity contribution < 1.29 is 4.79 Å². The van der Waals surface area contributed by atoms with Crippen LogP contribution in [-0.4, -0.2) is 33.6 Å². The zero-order chi connectivity index (χ0) is 13.0.